The average molecular weight is 703 g/mol. The van der Waals surface area contributed by atoms with Gasteiger partial charge in [-0.1, -0.05) is 28.4 Å². The maximum absolute atomic E-state index is 13.9. The zero-order valence-corrected chi connectivity index (χ0v) is 29.5. The maximum atomic E-state index is 13.9. The summed E-state index contributed by atoms with van der Waals surface area (Å²) >= 11 is 12.9. The van der Waals surface area contributed by atoms with Crippen molar-refractivity contribution >= 4 is 51.2 Å². The van der Waals surface area contributed by atoms with Gasteiger partial charge in [0.2, 0.25) is 5.88 Å². The van der Waals surface area contributed by atoms with Crippen LogP contribution in [0.2, 0.25) is 10.0 Å². The van der Waals surface area contributed by atoms with Crippen molar-refractivity contribution in [1.29, 1.82) is 5.26 Å². The standard InChI is InChI=1S/C36H38Cl2FN9O/c1-21(2)49-32-9-6-22(18-41-32)34(31-20-48(46-45-31)26-10-12-47(13-11-26)36(3,4)5)44-25-14-27-33(43-24-7-8-30(39)28(37)15-24)23(17-40)19-42-35(27)29(38)16-25/h6-9,14-16,18-21,26,34,44H,10-13H2,1-5H3,(H,42,43)/t34-/m0/s1. The van der Waals surface area contributed by atoms with Crippen LogP contribution in [0.4, 0.5) is 21.5 Å². The summed E-state index contributed by atoms with van der Waals surface area (Å²) < 4.78 is 21.7. The minimum Gasteiger partial charge on any atom is -0.475 e. The number of rotatable bonds is 9. The molecule has 5 aromatic rings. The minimum absolute atomic E-state index is 0.0164. The summed E-state index contributed by atoms with van der Waals surface area (Å²) in [4.78, 5) is 11.5. The van der Waals surface area contributed by atoms with Crippen LogP contribution in [0.3, 0.4) is 0 Å². The Balaban J connectivity index is 1.37. The molecule has 6 rings (SSSR count). The van der Waals surface area contributed by atoms with Gasteiger partial charge in [0.25, 0.3) is 0 Å². The van der Waals surface area contributed by atoms with Crippen molar-refractivity contribution in [1.82, 2.24) is 29.9 Å². The lowest BCUT2D eigenvalue weighted by Crippen LogP contribution is -2.46. The Morgan fingerprint density at radius 2 is 1.76 bits per heavy atom. The molecule has 0 saturated carbocycles. The van der Waals surface area contributed by atoms with Crippen LogP contribution in [0.5, 0.6) is 5.88 Å². The van der Waals surface area contributed by atoms with Gasteiger partial charge in [-0.2, -0.15) is 5.26 Å². The number of hydrogen-bond donors (Lipinski definition) is 2. The van der Waals surface area contributed by atoms with Crippen LogP contribution in [-0.2, 0) is 0 Å². The first-order valence-electron chi connectivity index (χ1n) is 16.2. The number of aromatic nitrogens is 5. The number of piperidine rings is 1. The van der Waals surface area contributed by atoms with Gasteiger partial charge in [-0.25, -0.2) is 14.1 Å². The van der Waals surface area contributed by atoms with Crippen molar-refractivity contribution < 1.29 is 9.13 Å². The molecule has 4 heterocycles. The molecule has 2 aromatic carbocycles. The molecule has 0 radical (unpaired) electrons. The third kappa shape index (κ3) is 7.72. The number of ether oxygens (including phenoxy) is 1. The molecule has 1 aliphatic rings. The molecule has 0 aliphatic carbocycles. The average Bonchev–Trinajstić information content (AvgIpc) is 3.56. The third-order valence-electron chi connectivity index (χ3n) is 8.61. The van der Waals surface area contributed by atoms with E-state index >= 15 is 0 Å². The zero-order chi connectivity index (χ0) is 34.9. The normalized spacial score (nSPS) is 14.9. The quantitative estimate of drug-likeness (QED) is 0.156. The van der Waals surface area contributed by atoms with Crippen LogP contribution in [-0.4, -0.2) is 54.6 Å². The number of fused-ring (bicyclic) bond motifs is 1. The summed E-state index contributed by atoms with van der Waals surface area (Å²) in [5.41, 5.74) is 4.05. The highest BCUT2D eigenvalue weighted by molar-refractivity contribution is 6.36. The fraction of sp³-hybridized carbons (Fsp3) is 0.361. The van der Waals surface area contributed by atoms with Crippen LogP contribution in [0.15, 0.2) is 61.1 Å². The van der Waals surface area contributed by atoms with E-state index in [0.29, 0.717) is 44.6 Å². The highest BCUT2D eigenvalue weighted by Crippen LogP contribution is 2.37. The number of likely N-dealkylation sites (tertiary alicyclic amines) is 1. The molecule has 1 aliphatic heterocycles. The molecule has 0 bridgehead atoms. The van der Waals surface area contributed by atoms with E-state index in [9.17, 15) is 9.65 Å². The monoisotopic (exact) mass is 701 g/mol. The number of benzene rings is 2. The predicted molar refractivity (Wildman–Crippen MR) is 191 cm³/mol. The van der Waals surface area contributed by atoms with E-state index in [-0.39, 0.29) is 28.3 Å². The predicted octanol–water partition coefficient (Wildman–Crippen LogP) is 8.71. The third-order valence-corrected chi connectivity index (χ3v) is 9.18. The number of hydrogen-bond acceptors (Lipinski definition) is 9. The van der Waals surface area contributed by atoms with E-state index in [1.165, 1.54) is 18.3 Å². The molecule has 0 unspecified atom stereocenters. The van der Waals surface area contributed by atoms with Crippen molar-refractivity contribution in [2.45, 2.75) is 71.2 Å². The first kappa shape index (κ1) is 34.4. The van der Waals surface area contributed by atoms with Gasteiger partial charge in [0, 0.05) is 53.8 Å². The Labute approximate surface area is 295 Å². The van der Waals surface area contributed by atoms with E-state index < -0.39 is 11.9 Å². The summed E-state index contributed by atoms with van der Waals surface area (Å²) in [7, 11) is 0. The maximum Gasteiger partial charge on any atom is 0.213 e. The molecule has 13 heteroatoms. The minimum atomic E-state index is -0.543. The van der Waals surface area contributed by atoms with Crippen molar-refractivity contribution in [3.63, 3.8) is 0 Å². The molecule has 254 valence electrons. The summed E-state index contributed by atoms with van der Waals surface area (Å²) in [5, 5.41) is 26.9. The molecular formula is C36H38Cl2FN9O. The highest BCUT2D eigenvalue weighted by Gasteiger charge is 2.29. The molecular weight excluding hydrogens is 664 g/mol. The van der Waals surface area contributed by atoms with Gasteiger partial charge >= 0.3 is 0 Å². The number of nitriles is 1. The van der Waals surface area contributed by atoms with E-state index in [1.54, 1.807) is 18.3 Å². The van der Waals surface area contributed by atoms with Crippen LogP contribution in [0.1, 0.15) is 76.4 Å². The van der Waals surface area contributed by atoms with Gasteiger partial charge in [0.05, 0.1) is 51.2 Å². The molecule has 3 aromatic heterocycles. The molecule has 0 amide bonds. The van der Waals surface area contributed by atoms with Gasteiger partial charge in [-0.3, -0.25) is 9.88 Å². The number of nitrogens with one attached hydrogen (secondary N) is 2. The molecule has 1 fully saturated rings. The summed E-state index contributed by atoms with van der Waals surface area (Å²) in [5.74, 6) is -0.0225. The second kappa shape index (κ2) is 14.2. The SMILES string of the molecule is CC(C)Oc1ccc([C@H](Nc2cc(Cl)c3ncc(C#N)c(Nc4ccc(F)c(Cl)c4)c3c2)c2cn(C3CCN(C(C)(C)C)CC3)nn2)cn1. The number of pyridine rings is 2. The second-order valence-corrected chi connectivity index (χ2v) is 14.3. The lowest BCUT2D eigenvalue weighted by molar-refractivity contribution is 0.0866. The van der Waals surface area contributed by atoms with Crippen molar-refractivity contribution in [3.8, 4) is 11.9 Å². The molecule has 49 heavy (non-hydrogen) atoms. The van der Waals surface area contributed by atoms with Crippen LogP contribution >= 0.6 is 23.2 Å². The van der Waals surface area contributed by atoms with Crippen LogP contribution in [0.25, 0.3) is 10.9 Å². The van der Waals surface area contributed by atoms with Gasteiger partial charge in [-0.15, -0.1) is 5.10 Å². The largest absolute Gasteiger partial charge is 0.475 e. The lowest BCUT2D eigenvalue weighted by Gasteiger charge is -2.40. The number of anilines is 3. The zero-order valence-electron chi connectivity index (χ0n) is 28.0. The topological polar surface area (TPSA) is 117 Å². The Bertz CT molecular complexity index is 2000. The Morgan fingerprint density at radius 3 is 2.41 bits per heavy atom. The summed E-state index contributed by atoms with van der Waals surface area (Å²) in [6.07, 6.45) is 7.15. The molecule has 10 nitrogen and oxygen atoms in total. The molecule has 0 spiro atoms. The van der Waals surface area contributed by atoms with Gasteiger partial charge < -0.3 is 15.4 Å². The van der Waals surface area contributed by atoms with E-state index in [1.807, 2.05) is 42.9 Å². The van der Waals surface area contributed by atoms with Gasteiger partial charge in [-0.05, 0) is 89.4 Å². The van der Waals surface area contributed by atoms with E-state index in [4.69, 9.17) is 27.9 Å². The Hall–Kier alpha value is -4.50. The molecule has 1 atom stereocenters. The van der Waals surface area contributed by atoms with E-state index in [0.717, 1.165) is 31.5 Å². The van der Waals surface area contributed by atoms with Crippen molar-refractivity contribution in [3.05, 3.63) is 93.7 Å². The fourth-order valence-electron chi connectivity index (χ4n) is 6.05. The van der Waals surface area contributed by atoms with Gasteiger partial charge in [0.1, 0.15) is 17.6 Å². The first-order valence-corrected chi connectivity index (χ1v) is 17.0. The summed E-state index contributed by atoms with van der Waals surface area (Å²) in [6.45, 7) is 12.6. The Kier molecular flexibility index (Phi) is 9.93. The summed E-state index contributed by atoms with van der Waals surface area (Å²) in [6, 6.07) is 13.7. The lowest BCUT2D eigenvalue weighted by atomic mass is 9.98. The fourth-order valence-corrected chi connectivity index (χ4v) is 6.50. The van der Waals surface area contributed by atoms with Crippen LogP contribution in [0, 0.1) is 17.1 Å². The highest BCUT2D eigenvalue weighted by atomic mass is 35.5. The van der Waals surface area contributed by atoms with E-state index in [2.05, 4.69) is 62.7 Å². The number of halogens is 3. The van der Waals surface area contributed by atoms with Crippen molar-refractivity contribution in [2.24, 2.45) is 0 Å². The van der Waals surface area contributed by atoms with Crippen molar-refractivity contribution in [2.75, 3.05) is 23.7 Å². The number of nitrogens with zero attached hydrogens (tertiary/aromatic N) is 7. The van der Waals surface area contributed by atoms with Crippen LogP contribution < -0.4 is 15.4 Å². The Morgan fingerprint density at radius 1 is 1.00 bits per heavy atom. The molecule has 1 saturated heterocycles. The second-order valence-electron chi connectivity index (χ2n) is 13.5. The molecule has 2 N–H and O–H groups in total. The smallest absolute Gasteiger partial charge is 0.213 e. The first-order chi connectivity index (χ1) is 23.4. The van der Waals surface area contributed by atoms with Gasteiger partial charge in [0.15, 0.2) is 0 Å².